The maximum absolute atomic E-state index is 11.1. The van der Waals surface area contributed by atoms with Crippen molar-refractivity contribution in [2.45, 2.75) is 12.7 Å². The first-order valence-electron chi connectivity index (χ1n) is 4.60. The van der Waals surface area contributed by atoms with Crippen molar-refractivity contribution >= 4 is 23.6 Å². The lowest BCUT2D eigenvalue weighted by Gasteiger charge is -2.01. The van der Waals surface area contributed by atoms with Crippen LogP contribution in [0.15, 0.2) is 30.3 Å². The molecule has 15 heavy (non-hydrogen) atoms. The predicted octanol–water partition coefficient (Wildman–Crippen LogP) is 1.58. The molecule has 1 N–H and O–H groups in total. The molecule has 1 aromatic carbocycles. The van der Waals surface area contributed by atoms with Gasteiger partial charge in [-0.3, -0.25) is 14.9 Å². The first-order chi connectivity index (χ1) is 7.18. The zero-order chi connectivity index (χ0) is 11.1. The Bertz CT molecular complexity index is 338. The topological polar surface area (TPSA) is 46.2 Å². The van der Waals surface area contributed by atoms with Crippen LogP contribution in [-0.2, 0) is 15.3 Å². The first kappa shape index (κ1) is 11.8. The number of carbonyl (C=O) groups excluding carboxylic acids is 2. The molecule has 4 heteroatoms. The number of nitrogens with one attached hydrogen (secondary N) is 1. The highest BCUT2D eigenvalue weighted by atomic mass is 32.2. The number of thioether (sulfide) groups is 1. The van der Waals surface area contributed by atoms with E-state index in [9.17, 15) is 9.59 Å². The molecule has 80 valence electrons. The number of amides is 2. The second-order valence-electron chi connectivity index (χ2n) is 3.08. The number of hydrogen-bond donors (Lipinski definition) is 1. The summed E-state index contributed by atoms with van der Waals surface area (Å²) >= 11 is 1.49. The third-order valence-corrected chi connectivity index (χ3v) is 2.66. The lowest BCUT2D eigenvalue weighted by Crippen LogP contribution is -2.29. The summed E-state index contributed by atoms with van der Waals surface area (Å²) in [5, 5.41) is 2.23. The Hall–Kier alpha value is -1.29. The molecule has 0 aliphatic carbocycles. The minimum absolute atomic E-state index is 0.233. The predicted molar refractivity (Wildman–Crippen MR) is 61.4 cm³/mol. The van der Waals surface area contributed by atoms with E-state index in [1.807, 2.05) is 30.3 Å². The molecule has 0 aromatic heterocycles. The van der Waals surface area contributed by atoms with Gasteiger partial charge in [-0.25, -0.2) is 0 Å². The van der Waals surface area contributed by atoms with Gasteiger partial charge in [-0.15, -0.1) is 11.8 Å². The van der Waals surface area contributed by atoms with Crippen molar-refractivity contribution in [3.05, 3.63) is 35.9 Å². The Balaban J connectivity index is 2.22. The van der Waals surface area contributed by atoms with Crippen LogP contribution in [0.25, 0.3) is 0 Å². The molecule has 2 amide bonds. The molecule has 0 fully saturated rings. The third-order valence-electron chi connectivity index (χ3n) is 1.66. The van der Waals surface area contributed by atoms with Gasteiger partial charge in [-0.1, -0.05) is 30.3 Å². The molecule has 0 bridgehead atoms. The average molecular weight is 223 g/mol. The number of benzene rings is 1. The van der Waals surface area contributed by atoms with E-state index in [1.54, 1.807) is 0 Å². The van der Waals surface area contributed by atoms with E-state index < -0.39 is 0 Å². The van der Waals surface area contributed by atoms with Crippen LogP contribution in [0.4, 0.5) is 0 Å². The van der Waals surface area contributed by atoms with Crippen molar-refractivity contribution in [1.82, 2.24) is 5.32 Å². The van der Waals surface area contributed by atoms with E-state index in [1.165, 1.54) is 24.2 Å². The molecule has 0 unspecified atom stereocenters. The van der Waals surface area contributed by atoms with Crippen LogP contribution in [0.5, 0.6) is 0 Å². The maximum atomic E-state index is 11.1. The first-order valence-corrected chi connectivity index (χ1v) is 5.76. The Labute approximate surface area is 93.3 Å². The monoisotopic (exact) mass is 223 g/mol. The largest absolute Gasteiger partial charge is 0.296 e. The van der Waals surface area contributed by atoms with Gasteiger partial charge in [-0.05, 0) is 5.56 Å². The fraction of sp³-hybridized carbons (Fsp3) is 0.273. The van der Waals surface area contributed by atoms with Crippen molar-refractivity contribution in [2.75, 3.05) is 5.75 Å². The van der Waals surface area contributed by atoms with Crippen molar-refractivity contribution in [3.8, 4) is 0 Å². The van der Waals surface area contributed by atoms with Gasteiger partial charge in [0.2, 0.25) is 11.8 Å². The highest BCUT2D eigenvalue weighted by Crippen LogP contribution is 2.10. The number of hydrogen-bond acceptors (Lipinski definition) is 3. The Morgan fingerprint density at radius 1 is 1.27 bits per heavy atom. The smallest absolute Gasteiger partial charge is 0.236 e. The van der Waals surface area contributed by atoms with E-state index in [0.717, 1.165) is 5.75 Å². The van der Waals surface area contributed by atoms with Gasteiger partial charge in [0.05, 0.1) is 5.75 Å². The van der Waals surface area contributed by atoms with Gasteiger partial charge in [0.25, 0.3) is 0 Å². The van der Waals surface area contributed by atoms with E-state index in [0.29, 0.717) is 5.75 Å². The van der Waals surface area contributed by atoms with E-state index >= 15 is 0 Å². The minimum atomic E-state index is -0.305. The molecule has 0 spiro atoms. The summed E-state index contributed by atoms with van der Waals surface area (Å²) in [5.74, 6) is 0.560. The molecule has 0 saturated carbocycles. The Kier molecular flexibility index (Phi) is 4.90. The summed E-state index contributed by atoms with van der Waals surface area (Å²) in [6.45, 7) is 1.33. The molecule has 0 heterocycles. The fourth-order valence-electron chi connectivity index (χ4n) is 1.07. The second-order valence-corrected chi connectivity index (χ2v) is 4.07. The molecule has 0 aliphatic rings. The average Bonchev–Trinajstić information content (AvgIpc) is 2.18. The molecular weight excluding hydrogens is 210 g/mol. The molecule has 1 rings (SSSR count). The van der Waals surface area contributed by atoms with Crippen LogP contribution in [0, 0.1) is 0 Å². The van der Waals surface area contributed by atoms with Crippen LogP contribution >= 0.6 is 11.8 Å². The lowest BCUT2D eigenvalue weighted by atomic mass is 10.2. The Morgan fingerprint density at radius 2 is 1.93 bits per heavy atom. The van der Waals surface area contributed by atoms with Gasteiger partial charge in [0.1, 0.15) is 0 Å². The van der Waals surface area contributed by atoms with Crippen molar-refractivity contribution < 1.29 is 9.59 Å². The van der Waals surface area contributed by atoms with Crippen LogP contribution in [0.2, 0.25) is 0 Å². The van der Waals surface area contributed by atoms with Crippen LogP contribution in [0.1, 0.15) is 12.5 Å². The van der Waals surface area contributed by atoms with Gasteiger partial charge in [0, 0.05) is 12.7 Å². The molecule has 0 saturated heterocycles. The SMILES string of the molecule is CC(=O)NC(=O)CSCc1ccccc1. The summed E-state index contributed by atoms with van der Waals surface area (Å²) < 4.78 is 0. The van der Waals surface area contributed by atoms with Gasteiger partial charge < -0.3 is 0 Å². The summed E-state index contributed by atoms with van der Waals surface area (Å²) in [7, 11) is 0. The second kappa shape index (κ2) is 6.24. The maximum Gasteiger partial charge on any atom is 0.236 e. The summed E-state index contributed by atoms with van der Waals surface area (Å²) in [5.41, 5.74) is 1.18. The van der Waals surface area contributed by atoms with E-state index in [2.05, 4.69) is 5.32 Å². The molecule has 1 aromatic rings. The van der Waals surface area contributed by atoms with E-state index in [-0.39, 0.29) is 11.8 Å². The summed E-state index contributed by atoms with van der Waals surface area (Å²) in [6.07, 6.45) is 0. The number of carbonyl (C=O) groups is 2. The Morgan fingerprint density at radius 3 is 2.53 bits per heavy atom. The van der Waals surface area contributed by atoms with E-state index in [4.69, 9.17) is 0 Å². The highest BCUT2D eigenvalue weighted by molar-refractivity contribution is 7.99. The zero-order valence-corrected chi connectivity index (χ0v) is 9.34. The number of imide groups is 1. The zero-order valence-electron chi connectivity index (χ0n) is 8.53. The lowest BCUT2D eigenvalue weighted by molar-refractivity contribution is -0.127. The van der Waals surface area contributed by atoms with Gasteiger partial charge in [-0.2, -0.15) is 0 Å². The van der Waals surface area contributed by atoms with Crippen LogP contribution in [-0.4, -0.2) is 17.6 Å². The summed E-state index contributed by atoms with van der Waals surface area (Å²) in [6, 6.07) is 9.90. The van der Waals surface area contributed by atoms with Crippen LogP contribution < -0.4 is 5.32 Å². The standard InChI is InChI=1S/C11H13NO2S/c1-9(13)12-11(14)8-15-7-10-5-3-2-4-6-10/h2-6H,7-8H2,1H3,(H,12,13,14). The molecule has 0 radical (unpaired) electrons. The van der Waals surface area contributed by atoms with Crippen LogP contribution in [0.3, 0.4) is 0 Å². The van der Waals surface area contributed by atoms with Crippen molar-refractivity contribution in [1.29, 1.82) is 0 Å². The number of rotatable bonds is 4. The van der Waals surface area contributed by atoms with Crippen molar-refractivity contribution in [3.63, 3.8) is 0 Å². The molecular formula is C11H13NO2S. The van der Waals surface area contributed by atoms with Gasteiger partial charge >= 0.3 is 0 Å². The fourth-order valence-corrected chi connectivity index (χ4v) is 1.86. The molecule has 0 atom stereocenters. The summed E-state index contributed by atoms with van der Waals surface area (Å²) in [4.78, 5) is 21.6. The third kappa shape index (κ3) is 5.22. The molecule has 0 aliphatic heterocycles. The van der Waals surface area contributed by atoms with Gasteiger partial charge in [0.15, 0.2) is 0 Å². The highest BCUT2D eigenvalue weighted by Gasteiger charge is 2.03. The normalized spacial score (nSPS) is 9.67. The minimum Gasteiger partial charge on any atom is -0.296 e. The van der Waals surface area contributed by atoms with Crippen molar-refractivity contribution in [2.24, 2.45) is 0 Å². The molecule has 3 nitrogen and oxygen atoms in total. The quantitative estimate of drug-likeness (QED) is 0.843.